The molecule has 0 saturated heterocycles. The molecule has 0 fully saturated rings. The molecule has 0 unspecified atom stereocenters. The van der Waals surface area contributed by atoms with E-state index >= 15 is 0 Å². The van der Waals surface area contributed by atoms with Crippen molar-refractivity contribution < 1.29 is 23.9 Å². The summed E-state index contributed by atoms with van der Waals surface area (Å²) in [6.07, 6.45) is 0.804. The topological polar surface area (TPSA) is 109 Å². The Kier molecular flexibility index (Phi) is 7.91. The Morgan fingerprint density at radius 1 is 1.03 bits per heavy atom. The first-order chi connectivity index (χ1) is 17.0. The number of ether oxygens (including phenoxy) is 2. The third kappa shape index (κ3) is 6.13. The lowest BCUT2D eigenvalue weighted by atomic mass is 10.1. The summed E-state index contributed by atoms with van der Waals surface area (Å²) in [5.74, 6) is 0.310. The lowest BCUT2D eigenvalue weighted by Gasteiger charge is -2.19. The third-order valence-corrected chi connectivity index (χ3v) is 6.76. The summed E-state index contributed by atoms with van der Waals surface area (Å²) in [6.45, 7) is 6.63. The molecule has 2 aromatic carbocycles. The van der Waals surface area contributed by atoms with Crippen LogP contribution in [-0.4, -0.2) is 59.3 Å². The largest absolute Gasteiger partial charge is 0.490 e. The number of fused-ring (bicyclic) bond motifs is 1. The van der Waals surface area contributed by atoms with Gasteiger partial charge in [-0.1, -0.05) is 17.8 Å². The van der Waals surface area contributed by atoms with Crippen LogP contribution in [0.25, 0.3) is 0 Å². The fourth-order valence-corrected chi connectivity index (χ4v) is 4.89. The number of hydrogen-bond acceptors (Lipinski definition) is 7. The average Bonchev–Trinajstić information content (AvgIpc) is 3.04. The molecular formula is C25H28N4O5S. The number of thioether (sulfide) groups is 1. The molecule has 184 valence electrons. The van der Waals surface area contributed by atoms with Gasteiger partial charge in [0.1, 0.15) is 5.25 Å². The highest BCUT2D eigenvalue weighted by Crippen LogP contribution is 2.32. The van der Waals surface area contributed by atoms with Crippen molar-refractivity contribution in [1.82, 2.24) is 4.90 Å². The molecule has 0 spiro atoms. The van der Waals surface area contributed by atoms with Gasteiger partial charge in [0.25, 0.3) is 11.8 Å². The average molecular weight is 497 g/mol. The number of amidine groups is 1. The summed E-state index contributed by atoms with van der Waals surface area (Å²) < 4.78 is 11.3. The quantitative estimate of drug-likeness (QED) is 0.601. The Morgan fingerprint density at radius 3 is 2.54 bits per heavy atom. The fraction of sp³-hybridized carbons (Fsp3) is 0.360. The number of carbonyl (C=O) groups is 3. The van der Waals surface area contributed by atoms with Gasteiger partial charge in [0, 0.05) is 48.9 Å². The van der Waals surface area contributed by atoms with Crippen LogP contribution in [0.2, 0.25) is 0 Å². The van der Waals surface area contributed by atoms with Crippen molar-refractivity contribution in [1.29, 1.82) is 0 Å². The summed E-state index contributed by atoms with van der Waals surface area (Å²) in [6, 6.07) is 11.9. The predicted octanol–water partition coefficient (Wildman–Crippen LogP) is 3.77. The molecule has 0 radical (unpaired) electrons. The minimum Gasteiger partial charge on any atom is -0.490 e. The molecule has 10 heteroatoms. The first-order valence-electron chi connectivity index (χ1n) is 11.6. The van der Waals surface area contributed by atoms with Crippen LogP contribution in [0.15, 0.2) is 47.5 Å². The number of carbonyl (C=O) groups excluding carboxylic acids is 3. The van der Waals surface area contributed by atoms with E-state index < -0.39 is 5.25 Å². The normalized spacial score (nSPS) is 16.8. The van der Waals surface area contributed by atoms with Gasteiger partial charge in [-0.25, -0.2) is 0 Å². The van der Waals surface area contributed by atoms with Crippen LogP contribution in [0, 0.1) is 0 Å². The Bertz CT molecular complexity index is 1150. The first-order valence-corrected chi connectivity index (χ1v) is 12.5. The van der Waals surface area contributed by atoms with Gasteiger partial charge < -0.3 is 25.0 Å². The van der Waals surface area contributed by atoms with Gasteiger partial charge in [0.05, 0.1) is 13.2 Å². The zero-order chi connectivity index (χ0) is 24.8. The number of aliphatic imine (C=N–C) groups is 1. The monoisotopic (exact) mass is 496 g/mol. The van der Waals surface area contributed by atoms with E-state index in [9.17, 15) is 14.4 Å². The van der Waals surface area contributed by atoms with Gasteiger partial charge in [-0.15, -0.1) is 0 Å². The van der Waals surface area contributed by atoms with Crippen molar-refractivity contribution in [3.8, 4) is 11.5 Å². The number of nitrogens with one attached hydrogen (secondary N) is 2. The lowest BCUT2D eigenvalue weighted by molar-refractivity contribution is -0.121. The lowest BCUT2D eigenvalue weighted by Crippen LogP contribution is -2.27. The minimum atomic E-state index is -0.545. The van der Waals surface area contributed by atoms with E-state index in [1.165, 1.54) is 11.8 Å². The molecule has 4 rings (SSSR count). The van der Waals surface area contributed by atoms with Gasteiger partial charge >= 0.3 is 0 Å². The number of hydrogen-bond donors (Lipinski definition) is 2. The smallest absolute Gasteiger partial charge is 0.262 e. The van der Waals surface area contributed by atoms with Gasteiger partial charge in [-0.05, 0) is 44.2 Å². The van der Waals surface area contributed by atoms with Crippen LogP contribution < -0.4 is 20.1 Å². The molecule has 2 aromatic rings. The molecule has 1 atom stereocenters. The van der Waals surface area contributed by atoms with Crippen LogP contribution in [0.4, 0.5) is 11.4 Å². The molecule has 0 bridgehead atoms. The number of benzene rings is 2. The van der Waals surface area contributed by atoms with Crippen LogP contribution in [0.5, 0.6) is 11.5 Å². The summed E-state index contributed by atoms with van der Waals surface area (Å²) in [7, 11) is 0. The van der Waals surface area contributed by atoms with Crippen LogP contribution in [-0.2, 0) is 9.59 Å². The fourth-order valence-electron chi connectivity index (χ4n) is 3.70. The molecule has 3 amide bonds. The van der Waals surface area contributed by atoms with Crippen LogP contribution in [0.1, 0.15) is 37.0 Å². The molecule has 0 saturated carbocycles. The second kappa shape index (κ2) is 11.3. The second-order valence-corrected chi connectivity index (χ2v) is 9.18. The van der Waals surface area contributed by atoms with E-state index in [0.29, 0.717) is 46.8 Å². The zero-order valence-corrected chi connectivity index (χ0v) is 20.5. The highest BCUT2D eigenvalue weighted by atomic mass is 32.2. The standard InChI is InChI=1S/C25H28N4O5S/c1-3-29(4-2)25-28-24(32)21(35-25)15-22(30)26-17-8-5-7-16(13-17)23(31)27-18-9-10-19-20(14-18)34-12-6-11-33-19/h5,7-10,13-14,21H,3-4,6,11-12,15H2,1-2H3,(H,26,30)(H,27,31)/t21-/m0/s1. The Hall–Kier alpha value is -3.53. The maximum Gasteiger partial charge on any atom is 0.262 e. The number of nitrogens with zero attached hydrogens (tertiary/aromatic N) is 2. The van der Waals surface area contributed by atoms with E-state index in [4.69, 9.17) is 9.47 Å². The Labute approximate surface area is 208 Å². The molecule has 2 heterocycles. The van der Waals surface area contributed by atoms with E-state index in [1.807, 2.05) is 18.7 Å². The highest BCUT2D eigenvalue weighted by molar-refractivity contribution is 8.15. The summed E-state index contributed by atoms with van der Waals surface area (Å²) in [4.78, 5) is 43.7. The van der Waals surface area contributed by atoms with Crippen LogP contribution >= 0.6 is 11.8 Å². The SMILES string of the molecule is CCN(CC)C1=NC(=O)[C@H](CC(=O)Nc2cccc(C(=O)Nc3ccc4c(c3)OCCCO4)c2)S1. The molecule has 2 N–H and O–H groups in total. The Morgan fingerprint density at radius 2 is 1.77 bits per heavy atom. The maximum absolute atomic E-state index is 12.8. The van der Waals surface area contributed by atoms with Crippen molar-refractivity contribution in [2.24, 2.45) is 4.99 Å². The molecule has 2 aliphatic heterocycles. The van der Waals surface area contributed by atoms with E-state index in [-0.39, 0.29) is 24.1 Å². The highest BCUT2D eigenvalue weighted by Gasteiger charge is 2.32. The minimum absolute atomic E-state index is 0.00535. The number of rotatable bonds is 7. The van der Waals surface area contributed by atoms with Gasteiger partial charge in [0.15, 0.2) is 16.7 Å². The first kappa shape index (κ1) is 24.6. The molecule has 35 heavy (non-hydrogen) atoms. The summed E-state index contributed by atoms with van der Waals surface area (Å²) >= 11 is 1.32. The van der Waals surface area contributed by atoms with Crippen molar-refractivity contribution in [2.75, 3.05) is 36.9 Å². The summed E-state index contributed by atoms with van der Waals surface area (Å²) in [5.41, 5.74) is 1.43. The molecule has 0 aliphatic carbocycles. The van der Waals surface area contributed by atoms with Crippen molar-refractivity contribution >= 4 is 46.0 Å². The molecular weight excluding hydrogens is 468 g/mol. The van der Waals surface area contributed by atoms with Crippen LogP contribution in [0.3, 0.4) is 0 Å². The van der Waals surface area contributed by atoms with Crippen molar-refractivity contribution in [3.05, 3.63) is 48.0 Å². The Balaban J connectivity index is 1.35. The number of anilines is 2. The van der Waals surface area contributed by atoms with E-state index in [1.54, 1.807) is 42.5 Å². The maximum atomic E-state index is 12.8. The second-order valence-electron chi connectivity index (χ2n) is 8.01. The predicted molar refractivity (Wildman–Crippen MR) is 136 cm³/mol. The third-order valence-electron chi connectivity index (χ3n) is 5.55. The van der Waals surface area contributed by atoms with Crippen molar-refractivity contribution in [3.63, 3.8) is 0 Å². The molecule has 2 aliphatic rings. The molecule has 9 nitrogen and oxygen atoms in total. The summed E-state index contributed by atoms with van der Waals surface area (Å²) in [5, 5.41) is 5.74. The van der Waals surface area contributed by atoms with Gasteiger partial charge in [0.2, 0.25) is 5.91 Å². The van der Waals surface area contributed by atoms with Gasteiger partial charge in [-0.3, -0.25) is 14.4 Å². The van der Waals surface area contributed by atoms with Crippen molar-refractivity contribution in [2.45, 2.75) is 31.9 Å². The van der Waals surface area contributed by atoms with Gasteiger partial charge in [-0.2, -0.15) is 4.99 Å². The van der Waals surface area contributed by atoms with E-state index in [0.717, 1.165) is 19.5 Å². The van der Waals surface area contributed by atoms with E-state index in [2.05, 4.69) is 15.6 Å². The molecule has 0 aromatic heterocycles. The number of amides is 3. The zero-order valence-electron chi connectivity index (χ0n) is 19.7.